The average molecular weight is 833 g/mol. The number of nitrogens with zero attached hydrogens (tertiary/aromatic N) is 12. The van der Waals surface area contributed by atoms with Gasteiger partial charge in [0.2, 0.25) is 0 Å². The van der Waals surface area contributed by atoms with Crippen LogP contribution >= 0.6 is 22.5 Å². The number of hydrogen-bond donors (Lipinski definition) is 0. The van der Waals surface area contributed by atoms with Crippen molar-refractivity contribution in [1.82, 2.24) is 42.0 Å². The molecule has 3 fully saturated rings. The van der Waals surface area contributed by atoms with Crippen LogP contribution in [0.25, 0.3) is 0 Å². The zero-order chi connectivity index (χ0) is 42.0. The van der Waals surface area contributed by atoms with Gasteiger partial charge in [-0.1, -0.05) is 13.8 Å². The van der Waals surface area contributed by atoms with Gasteiger partial charge in [-0.05, 0) is 189 Å². The van der Waals surface area contributed by atoms with Crippen LogP contribution in [0, 0.1) is 11.3 Å². The first-order valence-electron chi connectivity index (χ1n) is 21.3. The SMILES string of the molecule is CN(C)P(=NC(C)(C)CC(C)(C)CC1CCN(P(=NC(C)(C)CCN(C)P(=NC(C)(C)C)(N(C)C)N(C)C)(N2CCCC2)N2CCCC2)C1)(N(C)C)N(C)C. The van der Waals surface area contributed by atoms with Crippen molar-refractivity contribution >= 4 is 22.5 Å². The highest BCUT2D eigenvalue weighted by Gasteiger charge is 2.47. The Kier molecular flexibility index (Phi) is 17.1. The number of hydrogen-bond acceptors (Lipinski definition) is 3. The Labute approximate surface area is 342 Å². The molecule has 0 spiro atoms. The Morgan fingerprint density at radius 3 is 1.36 bits per heavy atom. The van der Waals surface area contributed by atoms with Crippen molar-refractivity contribution in [3.8, 4) is 0 Å². The smallest absolute Gasteiger partial charge is 0.168 e. The van der Waals surface area contributed by atoms with Crippen LogP contribution in [0.3, 0.4) is 0 Å². The highest BCUT2D eigenvalue weighted by molar-refractivity contribution is 7.59. The van der Waals surface area contributed by atoms with Crippen molar-refractivity contribution in [1.29, 1.82) is 0 Å². The van der Waals surface area contributed by atoms with Gasteiger partial charge in [0, 0.05) is 45.8 Å². The van der Waals surface area contributed by atoms with E-state index in [-0.39, 0.29) is 22.0 Å². The zero-order valence-electron chi connectivity index (χ0n) is 39.9. The Morgan fingerprint density at radius 2 is 0.964 bits per heavy atom. The van der Waals surface area contributed by atoms with E-state index in [1.54, 1.807) is 0 Å². The lowest BCUT2D eigenvalue weighted by Crippen LogP contribution is -2.41. The molecule has 1 unspecified atom stereocenters. The van der Waals surface area contributed by atoms with E-state index in [0.29, 0.717) is 5.92 Å². The Hall–Kier alpha value is 0.330. The molecular weight excluding hydrogens is 741 g/mol. The summed E-state index contributed by atoms with van der Waals surface area (Å²) >= 11 is 0. The van der Waals surface area contributed by atoms with Gasteiger partial charge in [-0.2, -0.15) is 0 Å². The highest BCUT2D eigenvalue weighted by atomic mass is 31.2. The second kappa shape index (κ2) is 18.9. The fourth-order valence-corrected chi connectivity index (χ4v) is 22.1. The normalized spacial score (nSPS) is 21.2. The van der Waals surface area contributed by atoms with Crippen LogP contribution in [0.4, 0.5) is 0 Å². The molecular formula is C40H91N12P3. The molecule has 3 heterocycles. The van der Waals surface area contributed by atoms with Crippen molar-refractivity contribution in [2.24, 2.45) is 25.6 Å². The van der Waals surface area contributed by atoms with E-state index in [4.69, 9.17) is 14.2 Å². The lowest BCUT2D eigenvalue weighted by Gasteiger charge is -2.48. The lowest BCUT2D eigenvalue weighted by atomic mass is 9.74. The van der Waals surface area contributed by atoms with Gasteiger partial charge >= 0.3 is 0 Å². The molecule has 0 aromatic heterocycles. The monoisotopic (exact) mass is 833 g/mol. The second-order valence-electron chi connectivity index (χ2n) is 21.0. The standard InChI is InChI=1S/C40H91N12P3/c1-37(2,3)41-54(47(16)17,48(18)19)49(20)32-26-39(6,7)42-55(50-27-21-22-28-50,51-29-23-24-30-51)52-31-25-36(34-52)33-38(4,5)35-40(8,9)43-53(44(10)11,45(12)13)46(14)15/h36H,21-35H2,1-20H3. The van der Waals surface area contributed by atoms with Crippen molar-refractivity contribution in [2.45, 2.75) is 130 Å². The Bertz CT molecular complexity index is 1340. The van der Waals surface area contributed by atoms with Gasteiger partial charge in [-0.3, -0.25) is 37.6 Å². The van der Waals surface area contributed by atoms with E-state index in [0.717, 1.165) is 32.5 Å². The minimum absolute atomic E-state index is 0.134. The van der Waals surface area contributed by atoms with Crippen molar-refractivity contribution in [3.63, 3.8) is 0 Å². The molecule has 12 nitrogen and oxygen atoms in total. The fourth-order valence-electron chi connectivity index (χ4n) is 10.3. The molecule has 0 aliphatic carbocycles. The van der Waals surface area contributed by atoms with Crippen LogP contribution in [0.5, 0.6) is 0 Å². The predicted octanol–water partition coefficient (Wildman–Crippen LogP) is 9.63. The Balaban J connectivity index is 1.99. The highest BCUT2D eigenvalue weighted by Crippen LogP contribution is 2.65. The summed E-state index contributed by atoms with van der Waals surface area (Å²) in [7, 11) is 18.1. The van der Waals surface area contributed by atoms with Gasteiger partial charge in [0.05, 0.1) is 16.6 Å². The molecule has 0 bridgehead atoms. The first kappa shape index (κ1) is 49.7. The van der Waals surface area contributed by atoms with E-state index in [1.807, 2.05) is 0 Å². The van der Waals surface area contributed by atoms with Crippen LogP contribution in [-0.4, -0.2) is 182 Å². The van der Waals surface area contributed by atoms with E-state index in [1.165, 1.54) is 64.7 Å². The third kappa shape index (κ3) is 11.8. The summed E-state index contributed by atoms with van der Waals surface area (Å²) in [6.45, 7) is 29.4. The molecule has 15 heteroatoms. The molecule has 0 amide bonds. The van der Waals surface area contributed by atoms with Crippen LogP contribution in [0.15, 0.2) is 14.2 Å². The lowest BCUT2D eigenvalue weighted by molar-refractivity contribution is 0.205. The maximum absolute atomic E-state index is 6.28. The van der Waals surface area contributed by atoms with E-state index in [2.05, 4.69) is 182 Å². The molecule has 3 saturated heterocycles. The molecule has 326 valence electrons. The summed E-state index contributed by atoms with van der Waals surface area (Å²) in [4.78, 5) is 0. The van der Waals surface area contributed by atoms with Crippen LogP contribution < -0.4 is 0 Å². The van der Waals surface area contributed by atoms with E-state index >= 15 is 0 Å². The minimum Gasteiger partial charge on any atom is -0.255 e. The second-order valence-corrected chi connectivity index (χ2v) is 31.2. The molecule has 0 N–H and O–H groups in total. The molecule has 3 rings (SSSR count). The van der Waals surface area contributed by atoms with E-state index in [9.17, 15) is 0 Å². The van der Waals surface area contributed by atoms with Crippen LogP contribution in [0.1, 0.15) is 114 Å². The van der Waals surface area contributed by atoms with Gasteiger partial charge in [0.1, 0.15) is 0 Å². The van der Waals surface area contributed by atoms with Gasteiger partial charge in [-0.15, -0.1) is 0 Å². The first-order chi connectivity index (χ1) is 25.1. The molecule has 1 atom stereocenters. The molecule has 0 saturated carbocycles. The molecule has 3 aliphatic heterocycles. The van der Waals surface area contributed by atoms with Gasteiger partial charge < -0.3 is 0 Å². The third-order valence-corrected chi connectivity index (χ3v) is 24.2. The topological polar surface area (TPSA) is 66.2 Å². The van der Waals surface area contributed by atoms with Crippen molar-refractivity contribution in [3.05, 3.63) is 0 Å². The fraction of sp³-hybridized carbons (Fsp3) is 1.00. The molecule has 0 radical (unpaired) electrons. The summed E-state index contributed by atoms with van der Waals surface area (Å²) in [6, 6.07) is 0. The van der Waals surface area contributed by atoms with Gasteiger partial charge in [0.15, 0.2) is 22.5 Å². The molecule has 3 aliphatic rings. The van der Waals surface area contributed by atoms with E-state index < -0.39 is 22.5 Å². The molecule has 0 aromatic carbocycles. The average Bonchev–Trinajstić information content (AvgIpc) is 3.82. The minimum atomic E-state index is -2.10. The Morgan fingerprint density at radius 1 is 0.527 bits per heavy atom. The maximum atomic E-state index is 6.28. The predicted molar refractivity (Wildman–Crippen MR) is 246 cm³/mol. The van der Waals surface area contributed by atoms with Gasteiger partial charge in [0.25, 0.3) is 0 Å². The summed E-state index contributed by atoms with van der Waals surface area (Å²) in [6.07, 6.45) is 9.75. The number of rotatable bonds is 18. The molecule has 0 aromatic rings. The maximum Gasteiger partial charge on any atom is 0.168 e. The summed E-state index contributed by atoms with van der Waals surface area (Å²) in [5, 5.41) is 0. The third-order valence-electron chi connectivity index (χ3n) is 11.8. The van der Waals surface area contributed by atoms with Crippen molar-refractivity contribution < 1.29 is 0 Å². The quantitative estimate of drug-likeness (QED) is 0.126. The van der Waals surface area contributed by atoms with Gasteiger partial charge in [-0.25, -0.2) is 18.7 Å². The largest absolute Gasteiger partial charge is 0.255 e. The first-order valence-corrected chi connectivity index (χ1v) is 26.1. The summed E-state index contributed by atoms with van der Waals surface area (Å²) < 4.78 is 40.7. The summed E-state index contributed by atoms with van der Waals surface area (Å²) in [5.41, 5.74) is -0.288. The molecule has 55 heavy (non-hydrogen) atoms. The summed E-state index contributed by atoms with van der Waals surface area (Å²) in [5.74, 6) is 0.667. The van der Waals surface area contributed by atoms with Crippen LogP contribution in [-0.2, 0) is 0 Å². The van der Waals surface area contributed by atoms with Crippen molar-refractivity contribution in [2.75, 3.05) is 123 Å². The zero-order valence-corrected chi connectivity index (χ0v) is 42.6. The van der Waals surface area contributed by atoms with Crippen LogP contribution in [0.2, 0.25) is 0 Å².